The SMILES string of the molecule is CCOC(=O)[C@](CC)(CC(C)C)NC(=O)c1ccc(N2CCC(=O)CC2)cc1. The smallest absolute Gasteiger partial charge is 0.331 e. The van der Waals surface area contributed by atoms with E-state index in [0.717, 1.165) is 5.69 Å². The number of amides is 1. The summed E-state index contributed by atoms with van der Waals surface area (Å²) < 4.78 is 5.26. The van der Waals surface area contributed by atoms with Crippen molar-refractivity contribution in [1.29, 1.82) is 0 Å². The first-order chi connectivity index (χ1) is 13.3. The van der Waals surface area contributed by atoms with Crippen LogP contribution in [-0.4, -0.2) is 42.9 Å². The number of Topliss-reactive ketones (excluding diaryl/α,β-unsaturated/α-hetero) is 1. The zero-order valence-corrected chi connectivity index (χ0v) is 17.4. The summed E-state index contributed by atoms with van der Waals surface area (Å²) in [5.74, 6) is -0.133. The van der Waals surface area contributed by atoms with E-state index in [1.807, 2.05) is 32.9 Å². The second-order valence-electron chi connectivity index (χ2n) is 7.78. The monoisotopic (exact) mass is 388 g/mol. The number of carbonyl (C=O) groups excluding carboxylic acids is 3. The van der Waals surface area contributed by atoms with Gasteiger partial charge in [0, 0.05) is 37.2 Å². The van der Waals surface area contributed by atoms with Crippen molar-refractivity contribution in [3.8, 4) is 0 Å². The normalized spacial score (nSPS) is 16.6. The number of ether oxygens (including phenoxy) is 1. The highest BCUT2D eigenvalue weighted by Gasteiger charge is 2.40. The molecule has 0 radical (unpaired) electrons. The Kier molecular flexibility index (Phi) is 7.61. The standard InChI is InChI=1S/C22H32N2O4/c1-5-22(15-16(3)4,21(27)28-6-2)23-20(26)17-7-9-18(10-8-17)24-13-11-19(25)12-14-24/h7-10,16H,5-6,11-15H2,1-4H3,(H,23,26)/t22-/m0/s1. The maximum Gasteiger partial charge on any atom is 0.331 e. The fourth-order valence-corrected chi connectivity index (χ4v) is 3.66. The zero-order valence-electron chi connectivity index (χ0n) is 17.4. The van der Waals surface area contributed by atoms with Crippen LogP contribution in [0.15, 0.2) is 24.3 Å². The van der Waals surface area contributed by atoms with Gasteiger partial charge in [0.1, 0.15) is 11.3 Å². The molecule has 1 N–H and O–H groups in total. The van der Waals surface area contributed by atoms with Crippen molar-refractivity contribution < 1.29 is 19.1 Å². The van der Waals surface area contributed by atoms with Crippen LogP contribution in [0.4, 0.5) is 5.69 Å². The van der Waals surface area contributed by atoms with E-state index in [1.54, 1.807) is 19.1 Å². The van der Waals surface area contributed by atoms with E-state index in [9.17, 15) is 14.4 Å². The number of piperidine rings is 1. The van der Waals surface area contributed by atoms with Gasteiger partial charge in [0.25, 0.3) is 5.91 Å². The van der Waals surface area contributed by atoms with Gasteiger partial charge < -0.3 is 15.0 Å². The number of nitrogens with zero attached hydrogens (tertiary/aromatic N) is 1. The van der Waals surface area contributed by atoms with Crippen LogP contribution < -0.4 is 10.2 Å². The molecule has 1 atom stereocenters. The minimum Gasteiger partial charge on any atom is -0.464 e. The fourth-order valence-electron chi connectivity index (χ4n) is 3.66. The van der Waals surface area contributed by atoms with E-state index in [4.69, 9.17) is 4.74 Å². The summed E-state index contributed by atoms with van der Waals surface area (Å²) in [4.78, 5) is 39.0. The second-order valence-corrected chi connectivity index (χ2v) is 7.78. The third-order valence-electron chi connectivity index (χ3n) is 5.20. The van der Waals surface area contributed by atoms with Gasteiger partial charge in [-0.3, -0.25) is 9.59 Å². The van der Waals surface area contributed by atoms with Gasteiger partial charge >= 0.3 is 5.97 Å². The van der Waals surface area contributed by atoms with E-state index < -0.39 is 5.54 Å². The molecule has 0 unspecified atom stereocenters. The van der Waals surface area contributed by atoms with Crippen molar-refractivity contribution in [1.82, 2.24) is 5.32 Å². The molecule has 0 saturated carbocycles. The van der Waals surface area contributed by atoms with E-state index in [0.29, 0.717) is 50.1 Å². The highest BCUT2D eigenvalue weighted by Crippen LogP contribution is 2.24. The lowest BCUT2D eigenvalue weighted by atomic mass is 9.86. The first kappa shape index (κ1) is 21.9. The Morgan fingerprint density at radius 3 is 2.25 bits per heavy atom. The molecule has 0 aliphatic carbocycles. The highest BCUT2D eigenvalue weighted by atomic mass is 16.5. The summed E-state index contributed by atoms with van der Waals surface area (Å²) in [7, 11) is 0. The average molecular weight is 389 g/mol. The molecule has 0 aromatic heterocycles. The van der Waals surface area contributed by atoms with Gasteiger partial charge in [-0.2, -0.15) is 0 Å². The summed E-state index contributed by atoms with van der Waals surface area (Å²) in [6, 6.07) is 7.32. The Labute approximate surface area is 167 Å². The fraction of sp³-hybridized carbons (Fsp3) is 0.591. The van der Waals surface area contributed by atoms with Crippen LogP contribution in [0.2, 0.25) is 0 Å². The van der Waals surface area contributed by atoms with Crippen LogP contribution >= 0.6 is 0 Å². The van der Waals surface area contributed by atoms with Crippen LogP contribution in [0.5, 0.6) is 0 Å². The number of esters is 1. The molecule has 6 nitrogen and oxygen atoms in total. The topological polar surface area (TPSA) is 75.7 Å². The molecule has 1 aromatic carbocycles. The summed E-state index contributed by atoms with van der Waals surface area (Å²) in [5, 5.41) is 2.95. The quantitative estimate of drug-likeness (QED) is 0.691. The molecule has 1 aromatic rings. The van der Waals surface area contributed by atoms with Crippen molar-refractivity contribution in [2.45, 2.75) is 58.9 Å². The van der Waals surface area contributed by atoms with Gasteiger partial charge in [0.15, 0.2) is 0 Å². The van der Waals surface area contributed by atoms with Crippen molar-refractivity contribution in [2.75, 3.05) is 24.6 Å². The van der Waals surface area contributed by atoms with Crippen LogP contribution in [0.25, 0.3) is 0 Å². The molecule has 1 amide bonds. The van der Waals surface area contributed by atoms with Crippen molar-refractivity contribution in [2.24, 2.45) is 5.92 Å². The number of ketones is 1. The Bertz CT molecular complexity index is 689. The maximum atomic E-state index is 12.9. The third-order valence-corrected chi connectivity index (χ3v) is 5.20. The number of hydrogen-bond acceptors (Lipinski definition) is 5. The van der Waals surface area contributed by atoms with Gasteiger partial charge in [-0.25, -0.2) is 4.79 Å². The van der Waals surface area contributed by atoms with E-state index in [1.165, 1.54) is 0 Å². The number of hydrogen-bond donors (Lipinski definition) is 1. The molecule has 2 rings (SSSR count). The predicted octanol–water partition coefficient (Wildman–Crippen LogP) is 3.34. The number of rotatable bonds is 8. The molecule has 28 heavy (non-hydrogen) atoms. The molecule has 154 valence electrons. The van der Waals surface area contributed by atoms with Gasteiger partial charge in [-0.15, -0.1) is 0 Å². The first-order valence-electron chi connectivity index (χ1n) is 10.2. The van der Waals surface area contributed by atoms with Gasteiger partial charge in [-0.1, -0.05) is 20.8 Å². The largest absolute Gasteiger partial charge is 0.464 e. The lowest BCUT2D eigenvalue weighted by Gasteiger charge is -2.33. The van der Waals surface area contributed by atoms with Gasteiger partial charge in [0.05, 0.1) is 6.61 Å². The van der Waals surface area contributed by atoms with Crippen molar-refractivity contribution in [3.05, 3.63) is 29.8 Å². The Morgan fingerprint density at radius 1 is 1.14 bits per heavy atom. The summed E-state index contributed by atoms with van der Waals surface area (Å²) in [6.45, 7) is 9.40. The number of anilines is 1. The lowest BCUT2D eigenvalue weighted by molar-refractivity contribution is -0.151. The number of carbonyl (C=O) groups is 3. The van der Waals surface area contributed by atoms with Crippen LogP contribution in [0.1, 0.15) is 63.7 Å². The van der Waals surface area contributed by atoms with E-state index in [2.05, 4.69) is 10.2 Å². The molecule has 1 fully saturated rings. The molecular formula is C22H32N2O4. The highest BCUT2D eigenvalue weighted by molar-refractivity contribution is 5.98. The second kappa shape index (κ2) is 9.71. The molecule has 1 aliphatic rings. The first-order valence-corrected chi connectivity index (χ1v) is 10.2. The average Bonchev–Trinajstić information content (AvgIpc) is 2.68. The van der Waals surface area contributed by atoms with Crippen LogP contribution in [-0.2, 0) is 14.3 Å². The minimum atomic E-state index is -1.02. The lowest BCUT2D eigenvalue weighted by Crippen LogP contribution is -2.55. The minimum absolute atomic E-state index is 0.230. The molecular weight excluding hydrogens is 356 g/mol. The van der Waals surface area contributed by atoms with Gasteiger partial charge in [0.2, 0.25) is 0 Å². The Balaban J connectivity index is 2.14. The molecule has 1 heterocycles. The summed E-state index contributed by atoms with van der Waals surface area (Å²) in [5.41, 5.74) is 0.480. The Morgan fingerprint density at radius 2 is 1.75 bits per heavy atom. The zero-order chi connectivity index (χ0) is 20.7. The third kappa shape index (κ3) is 5.33. The molecule has 0 bridgehead atoms. The number of benzene rings is 1. The van der Waals surface area contributed by atoms with E-state index in [-0.39, 0.29) is 24.4 Å². The summed E-state index contributed by atoms with van der Waals surface area (Å²) >= 11 is 0. The Hall–Kier alpha value is -2.37. The van der Waals surface area contributed by atoms with Crippen molar-refractivity contribution >= 4 is 23.3 Å². The summed E-state index contributed by atoms with van der Waals surface area (Å²) in [6.07, 6.45) is 2.12. The molecule has 6 heteroatoms. The van der Waals surface area contributed by atoms with Crippen LogP contribution in [0.3, 0.4) is 0 Å². The molecule has 1 saturated heterocycles. The van der Waals surface area contributed by atoms with Gasteiger partial charge in [-0.05, 0) is 49.9 Å². The van der Waals surface area contributed by atoms with Crippen LogP contribution in [0, 0.1) is 5.92 Å². The molecule has 0 spiro atoms. The van der Waals surface area contributed by atoms with Crippen molar-refractivity contribution in [3.63, 3.8) is 0 Å². The molecule has 1 aliphatic heterocycles. The predicted molar refractivity (Wildman–Crippen MR) is 109 cm³/mol. The van der Waals surface area contributed by atoms with E-state index >= 15 is 0 Å². The number of nitrogens with one attached hydrogen (secondary N) is 1. The maximum absolute atomic E-state index is 12.9.